The van der Waals surface area contributed by atoms with Crippen LogP contribution in [0.1, 0.15) is 21.5 Å². The van der Waals surface area contributed by atoms with Crippen LogP contribution in [0.25, 0.3) is 0 Å². The predicted molar refractivity (Wildman–Crippen MR) is 118 cm³/mol. The van der Waals surface area contributed by atoms with Gasteiger partial charge in [0, 0.05) is 30.2 Å². The van der Waals surface area contributed by atoms with Crippen LogP contribution in [-0.4, -0.2) is 33.3 Å². The molecule has 32 heavy (non-hydrogen) atoms. The number of non-ortho nitro benzene ring substituents is 1. The van der Waals surface area contributed by atoms with E-state index in [-0.39, 0.29) is 22.8 Å². The van der Waals surface area contributed by atoms with Gasteiger partial charge in [0.1, 0.15) is 11.5 Å². The quantitative estimate of drug-likeness (QED) is 0.272. The third-order valence-electron chi connectivity index (χ3n) is 4.85. The molecule has 3 aromatic carbocycles. The van der Waals surface area contributed by atoms with Crippen LogP contribution >= 0.6 is 0 Å². The zero-order chi connectivity index (χ0) is 23.3. The molecule has 0 spiro atoms. The van der Waals surface area contributed by atoms with Crippen molar-refractivity contribution in [1.82, 2.24) is 0 Å². The molecule has 0 aliphatic carbocycles. The lowest BCUT2D eigenvalue weighted by Crippen LogP contribution is -2.12. The van der Waals surface area contributed by atoms with E-state index in [1.165, 1.54) is 26.4 Å². The number of hydrogen-bond acceptors (Lipinski definition) is 7. The summed E-state index contributed by atoms with van der Waals surface area (Å²) in [6, 6.07) is 16.3. The van der Waals surface area contributed by atoms with E-state index < -0.39 is 20.5 Å². The van der Waals surface area contributed by atoms with E-state index >= 15 is 0 Å². The third kappa shape index (κ3) is 5.30. The zero-order valence-electron chi connectivity index (χ0n) is 17.5. The molecule has 0 N–H and O–H groups in total. The van der Waals surface area contributed by atoms with E-state index in [1.807, 2.05) is 0 Å². The number of sulfone groups is 1. The predicted octanol–water partition coefficient (Wildman–Crippen LogP) is 4.01. The SMILES string of the molecule is COc1cc(CC(=O)c2ccccc2CS(=O)(=O)c2ccc([N+](=O)[O-])cc2)cc(OC)c1. The minimum atomic E-state index is -3.82. The number of ketones is 1. The highest BCUT2D eigenvalue weighted by Gasteiger charge is 2.21. The molecule has 166 valence electrons. The minimum Gasteiger partial charge on any atom is -0.497 e. The number of carbonyl (C=O) groups excluding carboxylic acids is 1. The maximum absolute atomic E-state index is 13.0. The van der Waals surface area contributed by atoms with Crippen molar-refractivity contribution in [3.8, 4) is 11.5 Å². The molecule has 0 unspecified atom stereocenters. The largest absolute Gasteiger partial charge is 0.497 e. The molecule has 0 radical (unpaired) electrons. The number of Topliss-reactive ketones (excluding diaryl/α,β-unsaturated/α-hetero) is 1. The van der Waals surface area contributed by atoms with Crippen LogP contribution in [0.2, 0.25) is 0 Å². The number of carbonyl (C=O) groups is 1. The Hall–Kier alpha value is -3.72. The molecule has 0 bridgehead atoms. The Morgan fingerprint density at radius 2 is 1.53 bits per heavy atom. The Kier molecular flexibility index (Phi) is 6.89. The minimum absolute atomic E-state index is 0.0299. The Balaban J connectivity index is 1.87. The van der Waals surface area contributed by atoms with Crippen LogP contribution in [0, 0.1) is 10.1 Å². The lowest BCUT2D eigenvalue weighted by molar-refractivity contribution is -0.384. The van der Waals surface area contributed by atoms with Crippen molar-refractivity contribution in [2.45, 2.75) is 17.1 Å². The standard InChI is InChI=1S/C23H21NO7S/c1-30-19-11-16(12-20(14-19)31-2)13-23(25)22-6-4-3-5-17(22)15-32(28,29)21-9-7-18(8-10-21)24(26)27/h3-12,14H,13,15H2,1-2H3. The van der Waals surface area contributed by atoms with Crippen molar-refractivity contribution in [2.75, 3.05) is 14.2 Å². The highest BCUT2D eigenvalue weighted by Crippen LogP contribution is 2.25. The second-order valence-corrected chi connectivity index (χ2v) is 8.98. The van der Waals surface area contributed by atoms with Gasteiger partial charge in [0.25, 0.3) is 5.69 Å². The first kappa shape index (κ1) is 23.0. The van der Waals surface area contributed by atoms with Crippen LogP contribution in [0.5, 0.6) is 11.5 Å². The normalized spacial score (nSPS) is 11.1. The summed E-state index contributed by atoms with van der Waals surface area (Å²) in [5.41, 5.74) is 1.11. The van der Waals surface area contributed by atoms with E-state index in [9.17, 15) is 23.3 Å². The third-order valence-corrected chi connectivity index (χ3v) is 6.53. The molecule has 0 aliphatic rings. The van der Waals surface area contributed by atoms with Gasteiger partial charge in [-0.05, 0) is 35.4 Å². The summed E-state index contributed by atoms with van der Waals surface area (Å²) in [4.78, 5) is 23.2. The molecule has 0 amide bonds. The fraction of sp³-hybridized carbons (Fsp3) is 0.174. The Morgan fingerprint density at radius 1 is 0.938 bits per heavy atom. The molecule has 8 nitrogen and oxygen atoms in total. The molecule has 0 aromatic heterocycles. The lowest BCUT2D eigenvalue weighted by atomic mass is 9.99. The first-order chi connectivity index (χ1) is 15.2. The number of ether oxygens (including phenoxy) is 2. The highest BCUT2D eigenvalue weighted by molar-refractivity contribution is 7.90. The van der Waals surface area contributed by atoms with Gasteiger partial charge in [-0.1, -0.05) is 24.3 Å². The highest BCUT2D eigenvalue weighted by atomic mass is 32.2. The maximum atomic E-state index is 13.0. The van der Waals surface area contributed by atoms with E-state index in [2.05, 4.69) is 0 Å². The molecule has 9 heteroatoms. The molecule has 0 saturated heterocycles. The van der Waals surface area contributed by atoms with Crippen molar-refractivity contribution in [3.63, 3.8) is 0 Å². The molecule has 0 fully saturated rings. The first-order valence-corrected chi connectivity index (χ1v) is 11.2. The zero-order valence-corrected chi connectivity index (χ0v) is 18.3. The number of methoxy groups -OCH3 is 2. The van der Waals surface area contributed by atoms with E-state index in [0.717, 1.165) is 12.1 Å². The molecular weight excluding hydrogens is 434 g/mol. The smallest absolute Gasteiger partial charge is 0.269 e. The van der Waals surface area contributed by atoms with E-state index in [4.69, 9.17) is 9.47 Å². The summed E-state index contributed by atoms with van der Waals surface area (Å²) in [5.74, 6) is 0.422. The van der Waals surface area contributed by atoms with Crippen LogP contribution in [-0.2, 0) is 22.0 Å². The number of nitrogens with zero attached hydrogens (tertiary/aromatic N) is 1. The van der Waals surface area contributed by atoms with Crippen molar-refractivity contribution in [2.24, 2.45) is 0 Å². The van der Waals surface area contributed by atoms with Crippen molar-refractivity contribution >= 4 is 21.3 Å². The molecule has 3 rings (SSSR count). The van der Waals surface area contributed by atoms with Crippen molar-refractivity contribution < 1.29 is 27.6 Å². The summed E-state index contributed by atoms with van der Waals surface area (Å²) >= 11 is 0. The van der Waals surface area contributed by atoms with Gasteiger partial charge in [-0.25, -0.2) is 8.42 Å². The van der Waals surface area contributed by atoms with Gasteiger partial charge in [-0.3, -0.25) is 14.9 Å². The van der Waals surface area contributed by atoms with Crippen LogP contribution in [0.3, 0.4) is 0 Å². The van der Waals surface area contributed by atoms with Gasteiger partial charge < -0.3 is 9.47 Å². The molecular formula is C23H21NO7S. The average molecular weight is 455 g/mol. The maximum Gasteiger partial charge on any atom is 0.269 e. The Bertz CT molecular complexity index is 1230. The monoisotopic (exact) mass is 455 g/mol. The van der Waals surface area contributed by atoms with E-state index in [0.29, 0.717) is 28.2 Å². The lowest BCUT2D eigenvalue weighted by Gasteiger charge is -2.11. The van der Waals surface area contributed by atoms with Crippen LogP contribution in [0.4, 0.5) is 5.69 Å². The van der Waals surface area contributed by atoms with Gasteiger partial charge in [0.15, 0.2) is 15.6 Å². The second kappa shape index (κ2) is 9.61. The summed E-state index contributed by atoms with van der Waals surface area (Å²) < 4.78 is 36.2. The molecule has 0 atom stereocenters. The topological polar surface area (TPSA) is 113 Å². The van der Waals surface area contributed by atoms with Gasteiger partial charge in [0.2, 0.25) is 0 Å². The summed E-state index contributed by atoms with van der Waals surface area (Å²) in [6.45, 7) is 0. The van der Waals surface area contributed by atoms with Crippen molar-refractivity contribution in [1.29, 1.82) is 0 Å². The van der Waals surface area contributed by atoms with Crippen molar-refractivity contribution in [3.05, 3.63) is 93.5 Å². The van der Waals surface area contributed by atoms with Gasteiger partial charge in [0.05, 0.1) is 29.8 Å². The number of nitro benzene ring substituents is 1. The Labute approximate surface area is 185 Å². The number of benzene rings is 3. The first-order valence-electron chi connectivity index (χ1n) is 9.54. The summed E-state index contributed by atoms with van der Waals surface area (Å²) in [7, 11) is -0.796. The molecule has 0 saturated carbocycles. The number of rotatable bonds is 9. The summed E-state index contributed by atoms with van der Waals surface area (Å²) in [5, 5.41) is 10.8. The molecule has 0 aliphatic heterocycles. The molecule has 3 aromatic rings. The van der Waals surface area contributed by atoms with Gasteiger partial charge in [-0.2, -0.15) is 0 Å². The number of nitro groups is 1. The van der Waals surface area contributed by atoms with Crippen LogP contribution < -0.4 is 9.47 Å². The fourth-order valence-electron chi connectivity index (χ4n) is 3.23. The van der Waals surface area contributed by atoms with Gasteiger partial charge in [-0.15, -0.1) is 0 Å². The fourth-order valence-corrected chi connectivity index (χ4v) is 4.61. The van der Waals surface area contributed by atoms with Gasteiger partial charge >= 0.3 is 0 Å². The summed E-state index contributed by atoms with van der Waals surface area (Å²) in [6.07, 6.45) is 0.0299. The average Bonchev–Trinajstić information content (AvgIpc) is 2.78. The Morgan fingerprint density at radius 3 is 2.09 bits per heavy atom. The number of hydrogen-bond donors (Lipinski definition) is 0. The van der Waals surface area contributed by atoms with Crippen LogP contribution in [0.15, 0.2) is 71.6 Å². The van der Waals surface area contributed by atoms with E-state index in [1.54, 1.807) is 42.5 Å². The molecule has 0 heterocycles. The second-order valence-electron chi connectivity index (χ2n) is 6.99.